The van der Waals surface area contributed by atoms with E-state index >= 15 is 0 Å². The molecule has 1 unspecified atom stereocenters. The molecule has 1 aromatic heterocycles. The van der Waals surface area contributed by atoms with Crippen molar-refractivity contribution in [1.82, 2.24) is 9.88 Å². The number of oxazole rings is 1. The van der Waals surface area contributed by atoms with Gasteiger partial charge in [-0.3, -0.25) is 4.57 Å². The number of aryl methyl sites for hydroxylation is 1. The Bertz CT molecular complexity index is 638. The molecule has 2 rings (SSSR count). The molecule has 0 aliphatic rings. The number of hydrogen-bond acceptors (Lipinski definition) is 3. The summed E-state index contributed by atoms with van der Waals surface area (Å²) in [6.07, 6.45) is 3.17. The lowest BCUT2D eigenvalue weighted by Gasteiger charge is -2.25. The van der Waals surface area contributed by atoms with Crippen LogP contribution in [0.5, 0.6) is 0 Å². The van der Waals surface area contributed by atoms with Gasteiger partial charge in [-0.1, -0.05) is 39.7 Å². The first kappa shape index (κ1) is 15.8. The Labute approximate surface area is 126 Å². The van der Waals surface area contributed by atoms with Crippen LogP contribution in [0.3, 0.4) is 0 Å². The maximum Gasteiger partial charge on any atom is 0.419 e. The molecular weight excluding hydrogens is 264 g/mol. The molecule has 0 fully saturated rings. The van der Waals surface area contributed by atoms with Crippen molar-refractivity contribution >= 4 is 11.1 Å². The molecule has 1 atom stereocenters. The maximum absolute atomic E-state index is 11.9. The molecule has 1 heterocycles. The van der Waals surface area contributed by atoms with Gasteiger partial charge in [0.25, 0.3) is 0 Å². The topological polar surface area (TPSA) is 47.2 Å². The maximum atomic E-state index is 11.9. The normalized spacial score (nSPS) is 13.2. The van der Waals surface area contributed by atoms with E-state index < -0.39 is 0 Å². The lowest BCUT2D eigenvalue weighted by molar-refractivity contribution is 0.359. The molecule has 0 aliphatic heterocycles. The third-order valence-corrected chi connectivity index (χ3v) is 4.33. The zero-order chi connectivity index (χ0) is 15.4. The first-order valence-electron chi connectivity index (χ1n) is 7.96. The van der Waals surface area contributed by atoms with Crippen LogP contribution < -0.4 is 11.1 Å². The summed E-state index contributed by atoms with van der Waals surface area (Å²) in [5.41, 5.74) is 2.78. The van der Waals surface area contributed by atoms with Gasteiger partial charge in [-0.05, 0) is 37.1 Å². The van der Waals surface area contributed by atoms with Crippen LogP contribution in [0, 0.1) is 5.92 Å². The molecule has 0 aliphatic carbocycles. The van der Waals surface area contributed by atoms with E-state index in [0.29, 0.717) is 24.1 Å². The Morgan fingerprint density at radius 1 is 1.24 bits per heavy atom. The lowest BCUT2D eigenvalue weighted by atomic mass is 9.89. The van der Waals surface area contributed by atoms with Gasteiger partial charge >= 0.3 is 5.76 Å². The number of aromatic nitrogens is 1. The van der Waals surface area contributed by atoms with Crippen molar-refractivity contribution in [2.24, 2.45) is 5.92 Å². The van der Waals surface area contributed by atoms with Crippen LogP contribution in [-0.4, -0.2) is 11.6 Å². The Morgan fingerprint density at radius 2 is 1.95 bits per heavy atom. The van der Waals surface area contributed by atoms with Crippen molar-refractivity contribution in [3.05, 3.63) is 34.3 Å². The van der Waals surface area contributed by atoms with Gasteiger partial charge in [0.15, 0.2) is 5.58 Å². The second-order valence-corrected chi connectivity index (χ2v) is 5.59. The molecule has 4 heteroatoms. The largest absolute Gasteiger partial charge is 0.419 e. The average Bonchev–Trinajstić information content (AvgIpc) is 2.80. The molecule has 116 valence electrons. The lowest BCUT2D eigenvalue weighted by Crippen LogP contribution is -2.24. The van der Waals surface area contributed by atoms with Gasteiger partial charge in [0.05, 0.1) is 5.52 Å². The summed E-state index contributed by atoms with van der Waals surface area (Å²) < 4.78 is 7.13. The number of rotatable bonds is 7. The molecule has 21 heavy (non-hydrogen) atoms. The zero-order valence-corrected chi connectivity index (χ0v) is 13.5. The van der Waals surface area contributed by atoms with Crippen molar-refractivity contribution < 1.29 is 4.42 Å². The monoisotopic (exact) mass is 290 g/mol. The third kappa shape index (κ3) is 3.05. The van der Waals surface area contributed by atoms with Crippen molar-refractivity contribution in [1.29, 1.82) is 0 Å². The molecule has 4 nitrogen and oxygen atoms in total. The van der Waals surface area contributed by atoms with Crippen LogP contribution in [0.2, 0.25) is 0 Å². The highest BCUT2D eigenvalue weighted by Crippen LogP contribution is 2.29. The second-order valence-electron chi connectivity index (χ2n) is 5.59. The molecule has 0 bridgehead atoms. The van der Waals surface area contributed by atoms with E-state index in [9.17, 15) is 4.79 Å². The van der Waals surface area contributed by atoms with Crippen LogP contribution in [-0.2, 0) is 6.54 Å². The highest BCUT2D eigenvalue weighted by molar-refractivity contribution is 5.74. The van der Waals surface area contributed by atoms with Crippen LogP contribution in [0.25, 0.3) is 11.1 Å². The summed E-state index contributed by atoms with van der Waals surface area (Å²) in [6, 6.07) is 6.44. The highest BCUT2D eigenvalue weighted by Gasteiger charge is 2.20. The first-order valence-corrected chi connectivity index (χ1v) is 7.96. The van der Waals surface area contributed by atoms with Gasteiger partial charge in [-0.25, -0.2) is 4.79 Å². The SMILES string of the molecule is CCCn1c(=O)oc2cc(C(NC)C(CC)CC)ccc21. The van der Waals surface area contributed by atoms with Gasteiger partial charge in [0.1, 0.15) is 0 Å². The quantitative estimate of drug-likeness (QED) is 0.845. The summed E-state index contributed by atoms with van der Waals surface area (Å²) in [6.45, 7) is 7.20. The van der Waals surface area contributed by atoms with E-state index in [0.717, 1.165) is 24.8 Å². The van der Waals surface area contributed by atoms with Gasteiger partial charge in [0, 0.05) is 12.6 Å². The predicted molar refractivity (Wildman–Crippen MR) is 86.6 cm³/mol. The van der Waals surface area contributed by atoms with Crippen molar-refractivity contribution in [3.8, 4) is 0 Å². The number of fused-ring (bicyclic) bond motifs is 1. The Morgan fingerprint density at radius 3 is 2.52 bits per heavy atom. The smallest absolute Gasteiger partial charge is 0.408 e. The minimum atomic E-state index is -0.257. The molecule has 0 radical (unpaired) electrons. The fraction of sp³-hybridized carbons (Fsp3) is 0.588. The minimum absolute atomic E-state index is 0.257. The van der Waals surface area contributed by atoms with E-state index in [-0.39, 0.29) is 5.76 Å². The van der Waals surface area contributed by atoms with Crippen LogP contribution in [0.1, 0.15) is 51.6 Å². The summed E-state index contributed by atoms with van der Waals surface area (Å²) in [5.74, 6) is 0.324. The van der Waals surface area contributed by atoms with Crippen molar-refractivity contribution in [2.75, 3.05) is 7.05 Å². The number of nitrogens with one attached hydrogen (secondary N) is 1. The van der Waals surface area contributed by atoms with E-state index in [1.807, 2.05) is 19.2 Å². The van der Waals surface area contributed by atoms with E-state index in [1.165, 1.54) is 5.56 Å². The molecular formula is C17H26N2O2. The number of nitrogens with zero attached hydrogens (tertiary/aromatic N) is 1. The summed E-state index contributed by atoms with van der Waals surface area (Å²) in [5, 5.41) is 3.40. The van der Waals surface area contributed by atoms with Crippen molar-refractivity contribution in [3.63, 3.8) is 0 Å². The third-order valence-electron chi connectivity index (χ3n) is 4.33. The Kier molecular flexibility index (Phi) is 5.23. The van der Waals surface area contributed by atoms with Crippen molar-refractivity contribution in [2.45, 2.75) is 52.6 Å². The number of hydrogen-bond donors (Lipinski definition) is 1. The second kappa shape index (κ2) is 6.94. The predicted octanol–water partition coefficient (Wildman–Crippen LogP) is 3.70. The fourth-order valence-electron chi connectivity index (χ4n) is 3.15. The average molecular weight is 290 g/mol. The minimum Gasteiger partial charge on any atom is -0.408 e. The van der Waals surface area contributed by atoms with Gasteiger partial charge < -0.3 is 9.73 Å². The van der Waals surface area contributed by atoms with Crippen LogP contribution in [0.15, 0.2) is 27.4 Å². The van der Waals surface area contributed by atoms with Crippen LogP contribution >= 0.6 is 0 Å². The van der Waals surface area contributed by atoms with Gasteiger partial charge in [0.2, 0.25) is 0 Å². The number of benzene rings is 1. The summed E-state index contributed by atoms with van der Waals surface area (Å²) >= 11 is 0. The first-order chi connectivity index (χ1) is 10.2. The Hall–Kier alpha value is -1.55. The molecule has 0 amide bonds. The molecule has 0 saturated heterocycles. The van der Waals surface area contributed by atoms with Gasteiger partial charge in [-0.2, -0.15) is 0 Å². The fourth-order valence-corrected chi connectivity index (χ4v) is 3.15. The molecule has 2 aromatic rings. The van der Waals surface area contributed by atoms with E-state index in [4.69, 9.17) is 4.42 Å². The molecule has 1 aromatic carbocycles. The van der Waals surface area contributed by atoms with E-state index in [1.54, 1.807) is 4.57 Å². The summed E-state index contributed by atoms with van der Waals surface area (Å²) in [7, 11) is 1.99. The highest BCUT2D eigenvalue weighted by atomic mass is 16.4. The molecule has 1 N–H and O–H groups in total. The van der Waals surface area contributed by atoms with Gasteiger partial charge in [-0.15, -0.1) is 0 Å². The molecule has 0 spiro atoms. The van der Waals surface area contributed by atoms with Crippen LogP contribution in [0.4, 0.5) is 0 Å². The zero-order valence-electron chi connectivity index (χ0n) is 13.5. The van der Waals surface area contributed by atoms with E-state index in [2.05, 4.69) is 32.2 Å². The Balaban J connectivity index is 2.45. The molecule has 0 saturated carbocycles. The standard InChI is InChI=1S/C17H26N2O2/c1-5-10-19-14-9-8-13(11-15(14)21-17(19)20)16(18-4)12(6-2)7-3/h8-9,11-12,16,18H,5-7,10H2,1-4H3. The summed E-state index contributed by atoms with van der Waals surface area (Å²) in [4.78, 5) is 11.9.